The fourth-order valence-electron chi connectivity index (χ4n) is 4.40. The number of hydrogen-bond acceptors (Lipinski definition) is 2. The van der Waals surface area contributed by atoms with Crippen molar-refractivity contribution in [3.8, 4) is 0 Å². The van der Waals surface area contributed by atoms with E-state index < -0.39 is 12.6 Å². The van der Waals surface area contributed by atoms with Gasteiger partial charge in [0.15, 0.2) is 0 Å². The number of piperazine rings is 1. The molecule has 3 aliphatic rings. The maximum atomic E-state index is 12.4. The third-order valence-electron chi connectivity index (χ3n) is 5.91. The molecule has 1 unspecified atom stereocenters. The van der Waals surface area contributed by atoms with Crippen LogP contribution in [-0.2, 0) is 0 Å². The van der Waals surface area contributed by atoms with Gasteiger partial charge >= 0.3 is 6.18 Å². The van der Waals surface area contributed by atoms with Gasteiger partial charge in [0.25, 0.3) is 0 Å². The predicted octanol–water partition coefficient (Wildman–Crippen LogP) is 3.72. The zero-order chi connectivity index (χ0) is 15.1. The highest BCUT2D eigenvalue weighted by atomic mass is 19.4. The van der Waals surface area contributed by atoms with E-state index in [-0.39, 0.29) is 17.5 Å². The van der Waals surface area contributed by atoms with Gasteiger partial charge in [0, 0.05) is 30.6 Å². The molecule has 0 amide bonds. The number of hydrogen-bond donors (Lipinski definition) is 1. The molecule has 5 heteroatoms. The molecule has 122 valence electrons. The average Bonchev–Trinajstić information content (AvgIpc) is 3.15. The second-order valence-corrected chi connectivity index (χ2v) is 7.62. The van der Waals surface area contributed by atoms with Crippen molar-refractivity contribution in [1.29, 1.82) is 0 Å². The molecule has 1 aliphatic heterocycles. The minimum atomic E-state index is -4.02. The standard InChI is InChI=1S/C16H27F3N2/c1-14(13-5-6-13)12-21(10-4-9-16(17,18)19)15(11-20-14)7-2-3-8-15/h13,20H,2-12H2,1H3. The zero-order valence-electron chi connectivity index (χ0n) is 12.9. The van der Waals surface area contributed by atoms with Crippen molar-refractivity contribution in [2.75, 3.05) is 19.6 Å². The van der Waals surface area contributed by atoms with E-state index in [0.29, 0.717) is 6.54 Å². The van der Waals surface area contributed by atoms with Crippen LogP contribution in [0.1, 0.15) is 58.3 Å². The summed E-state index contributed by atoms with van der Waals surface area (Å²) < 4.78 is 37.3. The lowest BCUT2D eigenvalue weighted by Crippen LogP contribution is -2.69. The summed E-state index contributed by atoms with van der Waals surface area (Å²) in [7, 11) is 0. The van der Waals surface area contributed by atoms with Crippen molar-refractivity contribution in [2.24, 2.45) is 5.92 Å². The summed E-state index contributed by atoms with van der Waals surface area (Å²) in [5, 5.41) is 3.76. The van der Waals surface area contributed by atoms with Crippen LogP contribution in [-0.4, -0.2) is 41.8 Å². The first-order chi connectivity index (χ1) is 9.83. The van der Waals surface area contributed by atoms with Gasteiger partial charge in [0.05, 0.1) is 0 Å². The highest BCUT2D eigenvalue weighted by molar-refractivity contribution is 5.10. The van der Waals surface area contributed by atoms with Gasteiger partial charge in [-0.1, -0.05) is 12.8 Å². The Morgan fingerprint density at radius 1 is 1.19 bits per heavy atom. The first kappa shape index (κ1) is 15.6. The van der Waals surface area contributed by atoms with Gasteiger partial charge in [-0.05, 0) is 51.5 Å². The molecule has 1 atom stereocenters. The van der Waals surface area contributed by atoms with E-state index in [1.165, 1.54) is 25.7 Å². The SMILES string of the molecule is CC1(C2CC2)CN(CCCC(F)(F)F)C2(CCCC2)CN1. The van der Waals surface area contributed by atoms with Crippen molar-refractivity contribution in [2.45, 2.75) is 75.5 Å². The van der Waals surface area contributed by atoms with Crippen molar-refractivity contribution in [3.05, 3.63) is 0 Å². The van der Waals surface area contributed by atoms with E-state index in [0.717, 1.165) is 31.8 Å². The Labute approximate surface area is 125 Å². The van der Waals surface area contributed by atoms with Crippen molar-refractivity contribution in [1.82, 2.24) is 10.2 Å². The molecule has 2 nitrogen and oxygen atoms in total. The van der Waals surface area contributed by atoms with Gasteiger partial charge in [-0.25, -0.2) is 0 Å². The summed E-state index contributed by atoms with van der Waals surface area (Å²) >= 11 is 0. The fraction of sp³-hybridized carbons (Fsp3) is 1.00. The number of alkyl halides is 3. The van der Waals surface area contributed by atoms with Crippen LogP contribution in [0.2, 0.25) is 0 Å². The maximum Gasteiger partial charge on any atom is 0.389 e. The molecule has 0 bridgehead atoms. The molecule has 1 N–H and O–H groups in total. The lowest BCUT2D eigenvalue weighted by atomic mass is 9.83. The summed E-state index contributed by atoms with van der Waals surface area (Å²) in [6.45, 7) is 4.76. The largest absolute Gasteiger partial charge is 0.389 e. The molecule has 1 saturated heterocycles. The van der Waals surface area contributed by atoms with Crippen LogP contribution < -0.4 is 5.32 Å². The quantitative estimate of drug-likeness (QED) is 0.851. The average molecular weight is 304 g/mol. The number of halogens is 3. The van der Waals surface area contributed by atoms with Crippen LogP contribution in [0.5, 0.6) is 0 Å². The van der Waals surface area contributed by atoms with E-state index in [9.17, 15) is 13.2 Å². The zero-order valence-corrected chi connectivity index (χ0v) is 12.9. The highest BCUT2D eigenvalue weighted by Crippen LogP contribution is 2.46. The van der Waals surface area contributed by atoms with Gasteiger partial charge in [-0.2, -0.15) is 13.2 Å². The van der Waals surface area contributed by atoms with Crippen LogP contribution in [0.15, 0.2) is 0 Å². The maximum absolute atomic E-state index is 12.4. The Balaban J connectivity index is 1.65. The highest BCUT2D eigenvalue weighted by Gasteiger charge is 2.51. The topological polar surface area (TPSA) is 15.3 Å². The van der Waals surface area contributed by atoms with Gasteiger partial charge < -0.3 is 5.32 Å². The molecule has 1 spiro atoms. The van der Waals surface area contributed by atoms with Crippen molar-refractivity contribution in [3.63, 3.8) is 0 Å². The minimum Gasteiger partial charge on any atom is -0.308 e. The Hall–Kier alpha value is -0.290. The molecule has 1 heterocycles. The van der Waals surface area contributed by atoms with Crippen LogP contribution >= 0.6 is 0 Å². The Kier molecular flexibility index (Phi) is 4.02. The number of rotatable bonds is 4. The van der Waals surface area contributed by atoms with Crippen molar-refractivity contribution < 1.29 is 13.2 Å². The summed E-state index contributed by atoms with van der Waals surface area (Å²) in [6, 6.07) is 0. The normalized spacial score (nSPS) is 33.7. The summed E-state index contributed by atoms with van der Waals surface area (Å²) in [4.78, 5) is 2.42. The van der Waals surface area contributed by atoms with Gasteiger partial charge in [0.1, 0.15) is 0 Å². The number of nitrogens with zero attached hydrogens (tertiary/aromatic N) is 1. The lowest BCUT2D eigenvalue weighted by Gasteiger charge is -2.53. The van der Waals surface area contributed by atoms with Crippen LogP contribution in [0.4, 0.5) is 13.2 Å². The second-order valence-electron chi connectivity index (χ2n) is 7.62. The van der Waals surface area contributed by atoms with Crippen LogP contribution in [0.25, 0.3) is 0 Å². The van der Waals surface area contributed by atoms with Crippen LogP contribution in [0, 0.1) is 5.92 Å². The Bertz CT molecular complexity index is 372. The Morgan fingerprint density at radius 2 is 1.86 bits per heavy atom. The van der Waals surface area contributed by atoms with E-state index in [1.807, 2.05) is 0 Å². The Morgan fingerprint density at radius 3 is 2.43 bits per heavy atom. The molecule has 21 heavy (non-hydrogen) atoms. The lowest BCUT2D eigenvalue weighted by molar-refractivity contribution is -0.137. The van der Waals surface area contributed by atoms with E-state index in [1.54, 1.807) is 0 Å². The summed E-state index contributed by atoms with van der Waals surface area (Å²) in [5.41, 5.74) is 0.256. The predicted molar refractivity (Wildman–Crippen MR) is 77.2 cm³/mol. The van der Waals surface area contributed by atoms with Crippen molar-refractivity contribution >= 4 is 0 Å². The molecular weight excluding hydrogens is 277 g/mol. The molecular formula is C16H27F3N2. The van der Waals surface area contributed by atoms with E-state index in [2.05, 4.69) is 17.1 Å². The molecule has 2 saturated carbocycles. The fourth-order valence-corrected chi connectivity index (χ4v) is 4.40. The number of nitrogens with one attached hydrogen (secondary N) is 1. The minimum absolute atomic E-state index is 0.117. The summed E-state index contributed by atoms with van der Waals surface area (Å²) in [5.74, 6) is 0.723. The van der Waals surface area contributed by atoms with E-state index in [4.69, 9.17) is 0 Å². The first-order valence-corrected chi connectivity index (χ1v) is 8.40. The third kappa shape index (κ3) is 3.39. The van der Waals surface area contributed by atoms with E-state index >= 15 is 0 Å². The molecule has 0 aromatic heterocycles. The molecule has 0 aromatic rings. The smallest absolute Gasteiger partial charge is 0.308 e. The first-order valence-electron chi connectivity index (χ1n) is 8.40. The van der Waals surface area contributed by atoms with Gasteiger partial charge in [-0.3, -0.25) is 4.90 Å². The van der Waals surface area contributed by atoms with Gasteiger partial charge in [-0.15, -0.1) is 0 Å². The third-order valence-corrected chi connectivity index (χ3v) is 5.91. The molecule has 2 aliphatic carbocycles. The van der Waals surface area contributed by atoms with Crippen LogP contribution in [0.3, 0.4) is 0 Å². The second kappa shape index (κ2) is 5.41. The molecule has 3 rings (SSSR count). The molecule has 3 fully saturated rings. The summed E-state index contributed by atoms with van der Waals surface area (Å²) in [6.07, 6.45) is 2.85. The monoisotopic (exact) mass is 304 g/mol. The van der Waals surface area contributed by atoms with Gasteiger partial charge in [0.2, 0.25) is 0 Å². The molecule has 0 aromatic carbocycles. The molecule has 0 radical (unpaired) electrons.